The number of hydrogen-bond donors (Lipinski definition) is 4. The molecule has 0 spiro atoms. The van der Waals surface area contributed by atoms with Gasteiger partial charge in [-0.3, -0.25) is 19.3 Å². The molecule has 5 rings (SSSR count). The van der Waals surface area contributed by atoms with E-state index in [2.05, 4.69) is 0 Å². The van der Waals surface area contributed by atoms with Crippen LogP contribution in [0.3, 0.4) is 0 Å². The molecule has 0 heterocycles. The standard InChI is InChI=1S/C28H26FNO7/c1-12(31)19-25(34)23(30(2)3)17-11-16-20(13-7-9-14(29)10-8-13)15-5-4-6-18(32)21(15)24(33)22(16)27(36)28(17,37)26(19)35/h4-10,16-17,20,23,32-33,35,37H,11H2,1-3H3/t16-,17+,20+,23+,28-/m1/s1. The van der Waals surface area contributed by atoms with E-state index >= 15 is 0 Å². The molecule has 4 N–H and O–H groups in total. The van der Waals surface area contributed by atoms with E-state index in [4.69, 9.17) is 0 Å². The maximum absolute atomic E-state index is 14.1. The van der Waals surface area contributed by atoms with Crippen LogP contribution >= 0.6 is 0 Å². The second-order valence-electron chi connectivity index (χ2n) is 10.1. The molecule has 3 aliphatic carbocycles. The van der Waals surface area contributed by atoms with Crippen molar-refractivity contribution in [3.63, 3.8) is 0 Å². The number of phenolic OH excluding ortho intramolecular Hbond substituents is 1. The van der Waals surface area contributed by atoms with E-state index < -0.39 is 69.7 Å². The van der Waals surface area contributed by atoms with Crippen molar-refractivity contribution in [1.82, 2.24) is 4.90 Å². The van der Waals surface area contributed by atoms with Crippen LogP contribution in [-0.2, 0) is 14.4 Å². The number of carbonyl (C=O) groups excluding carboxylic acids is 3. The van der Waals surface area contributed by atoms with Gasteiger partial charge in [0.25, 0.3) is 0 Å². The Bertz CT molecular complexity index is 1420. The molecular formula is C28H26FNO7. The fourth-order valence-corrected chi connectivity index (χ4v) is 6.41. The molecule has 37 heavy (non-hydrogen) atoms. The first-order valence-electron chi connectivity index (χ1n) is 11.8. The molecule has 0 saturated heterocycles. The van der Waals surface area contributed by atoms with Gasteiger partial charge in [-0.05, 0) is 56.8 Å². The van der Waals surface area contributed by atoms with Crippen LogP contribution in [-0.4, -0.2) is 68.4 Å². The van der Waals surface area contributed by atoms with Crippen LogP contribution in [0.1, 0.15) is 36.0 Å². The smallest absolute Gasteiger partial charge is 0.202 e. The predicted molar refractivity (Wildman–Crippen MR) is 130 cm³/mol. The van der Waals surface area contributed by atoms with Crippen LogP contribution in [0, 0.1) is 17.7 Å². The largest absolute Gasteiger partial charge is 0.508 e. The summed E-state index contributed by atoms with van der Waals surface area (Å²) in [4.78, 5) is 41.2. The average molecular weight is 508 g/mol. The number of hydrogen-bond acceptors (Lipinski definition) is 8. The van der Waals surface area contributed by atoms with Crippen molar-refractivity contribution in [1.29, 1.82) is 0 Å². The third-order valence-electron chi connectivity index (χ3n) is 7.94. The van der Waals surface area contributed by atoms with Gasteiger partial charge in [-0.2, -0.15) is 0 Å². The summed E-state index contributed by atoms with van der Waals surface area (Å²) in [7, 11) is 3.14. The summed E-state index contributed by atoms with van der Waals surface area (Å²) >= 11 is 0. The zero-order chi connectivity index (χ0) is 27.0. The third kappa shape index (κ3) is 3.30. The maximum Gasteiger partial charge on any atom is 0.202 e. The Morgan fingerprint density at radius 2 is 1.70 bits per heavy atom. The normalized spacial score (nSPS) is 29.2. The van der Waals surface area contributed by atoms with Gasteiger partial charge in [0.05, 0.1) is 11.6 Å². The first kappa shape index (κ1) is 24.9. The first-order chi connectivity index (χ1) is 17.4. The number of ketones is 3. The highest BCUT2D eigenvalue weighted by Crippen LogP contribution is 2.57. The molecule has 0 radical (unpaired) electrons. The zero-order valence-electron chi connectivity index (χ0n) is 20.4. The number of fused-ring (bicyclic) bond motifs is 3. The lowest BCUT2D eigenvalue weighted by molar-refractivity contribution is -0.154. The number of likely N-dealkylation sites (N-methyl/N-ethyl adjacent to an activating group) is 1. The molecule has 5 atom stereocenters. The van der Waals surface area contributed by atoms with Crippen molar-refractivity contribution in [3.8, 4) is 5.75 Å². The number of aliphatic hydroxyl groups is 3. The Labute approximate surface area is 212 Å². The lowest BCUT2D eigenvalue weighted by atomic mass is 9.54. The number of nitrogens with zero attached hydrogens (tertiary/aromatic N) is 1. The molecule has 2 aromatic carbocycles. The van der Waals surface area contributed by atoms with E-state index in [0.29, 0.717) is 11.1 Å². The molecule has 9 heteroatoms. The first-order valence-corrected chi connectivity index (χ1v) is 11.8. The zero-order valence-corrected chi connectivity index (χ0v) is 20.4. The highest BCUT2D eigenvalue weighted by Gasteiger charge is 2.65. The van der Waals surface area contributed by atoms with Crippen molar-refractivity contribution >= 4 is 23.1 Å². The number of aliphatic hydroxyl groups excluding tert-OH is 2. The molecule has 1 fully saturated rings. The molecular weight excluding hydrogens is 481 g/mol. The molecule has 2 aromatic rings. The number of phenols is 1. The summed E-state index contributed by atoms with van der Waals surface area (Å²) in [6.45, 7) is 1.06. The van der Waals surface area contributed by atoms with Gasteiger partial charge in [0.2, 0.25) is 5.78 Å². The van der Waals surface area contributed by atoms with E-state index in [1.54, 1.807) is 38.4 Å². The average Bonchev–Trinajstić information content (AvgIpc) is 2.82. The van der Waals surface area contributed by atoms with Crippen molar-refractivity contribution in [3.05, 3.63) is 81.9 Å². The van der Waals surface area contributed by atoms with Gasteiger partial charge < -0.3 is 20.4 Å². The minimum Gasteiger partial charge on any atom is -0.508 e. The fourth-order valence-electron chi connectivity index (χ4n) is 6.41. The van der Waals surface area contributed by atoms with Crippen molar-refractivity contribution in [2.45, 2.75) is 30.9 Å². The van der Waals surface area contributed by atoms with Gasteiger partial charge in [0.15, 0.2) is 17.2 Å². The van der Waals surface area contributed by atoms with Crippen LogP contribution in [0.5, 0.6) is 5.75 Å². The highest BCUT2D eigenvalue weighted by atomic mass is 19.1. The van der Waals surface area contributed by atoms with Gasteiger partial charge in [0, 0.05) is 23.3 Å². The summed E-state index contributed by atoms with van der Waals surface area (Å²) < 4.78 is 13.8. The minimum absolute atomic E-state index is 0.00946. The van der Waals surface area contributed by atoms with E-state index in [0.717, 1.165) is 6.92 Å². The number of carbonyl (C=O) groups is 3. The van der Waals surface area contributed by atoms with Crippen LogP contribution < -0.4 is 0 Å². The molecule has 3 aliphatic rings. The Kier molecular flexibility index (Phi) is 5.61. The second-order valence-corrected chi connectivity index (χ2v) is 10.1. The van der Waals surface area contributed by atoms with E-state index in [9.17, 15) is 39.2 Å². The molecule has 0 unspecified atom stereocenters. The Morgan fingerprint density at radius 1 is 1.05 bits per heavy atom. The van der Waals surface area contributed by atoms with Crippen LogP contribution in [0.25, 0.3) is 5.76 Å². The van der Waals surface area contributed by atoms with Gasteiger partial charge in [0.1, 0.15) is 28.7 Å². The van der Waals surface area contributed by atoms with Crippen molar-refractivity contribution in [2.75, 3.05) is 14.1 Å². The molecule has 8 nitrogen and oxygen atoms in total. The lowest BCUT2D eigenvalue weighted by Gasteiger charge is -2.51. The van der Waals surface area contributed by atoms with Gasteiger partial charge in [-0.15, -0.1) is 0 Å². The molecule has 0 aromatic heterocycles. The Hall–Kier alpha value is -3.82. The van der Waals surface area contributed by atoms with Crippen LogP contribution in [0.4, 0.5) is 4.39 Å². The monoisotopic (exact) mass is 507 g/mol. The van der Waals surface area contributed by atoms with E-state index in [-0.39, 0.29) is 23.3 Å². The SMILES string of the molecule is CC(=O)C1=C(O)[C@@]2(O)C(=O)C3=C(O)c4c(O)cccc4[C@H](c4ccc(F)cc4)[C@H]3C[C@H]2[C@H](N(C)C)C1=O. The van der Waals surface area contributed by atoms with Gasteiger partial charge in [-0.1, -0.05) is 24.3 Å². The fraction of sp³-hybridized carbons (Fsp3) is 0.321. The van der Waals surface area contributed by atoms with E-state index in [1.807, 2.05) is 0 Å². The number of rotatable bonds is 3. The number of benzene rings is 2. The number of halogens is 1. The van der Waals surface area contributed by atoms with Crippen molar-refractivity contribution < 1.29 is 39.2 Å². The molecule has 0 amide bonds. The maximum atomic E-state index is 14.1. The van der Waals surface area contributed by atoms with Gasteiger partial charge in [-0.25, -0.2) is 4.39 Å². The summed E-state index contributed by atoms with van der Waals surface area (Å²) in [5.41, 5.74) is -2.47. The number of aromatic hydroxyl groups is 1. The second kappa shape index (κ2) is 8.36. The quantitative estimate of drug-likeness (QED) is 0.466. The Morgan fingerprint density at radius 3 is 2.30 bits per heavy atom. The predicted octanol–water partition coefficient (Wildman–Crippen LogP) is 2.80. The van der Waals surface area contributed by atoms with Crippen LogP contribution in [0.2, 0.25) is 0 Å². The summed E-state index contributed by atoms with van der Waals surface area (Å²) in [6, 6.07) is 9.10. The minimum atomic E-state index is -2.65. The summed E-state index contributed by atoms with van der Waals surface area (Å²) in [6.07, 6.45) is -0.0391. The lowest BCUT2D eigenvalue weighted by Crippen LogP contribution is -2.65. The van der Waals surface area contributed by atoms with Crippen molar-refractivity contribution in [2.24, 2.45) is 11.8 Å². The third-order valence-corrected chi connectivity index (χ3v) is 7.94. The molecule has 1 saturated carbocycles. The number of Topliss-reactive ketones (excluding diaryl/α,β-unsaturated/α-hetero) is 3. The topological polar surface area (TPSA) is 135 Å². The Balaban J connectivity index is 1.81. The van der Waals surface area contributed by atoms with Crippen LogP contribution in [0.15, 0.2) is 59.4 Å². The summed E-state index contributed by atoms with van der Waals surface area (Å²) in [5.74, 6) is -7.52. The van der Waals surface area contributed by atoms with E-state index in [1.165, 1.54) is 23.1 Å². The molecule has 0 bridgehead atoms. The van der Waals surface area contributed by atoms with Gasteiger partial charge >= 0.3 is 0 Å². The molecule has 0 aliphatic heterocycles. The molecule has 192 valence electrons. The summed E-state index contributed by atoms with van der Waals surface area (Å²) in [5, 5.41) is 44.8. The highest BCUT2D eigenvalue weighted by molar-refractivity contribution is 6.25.